The highest BCUT2D eigenvalue weighted by atomic mass is 16.2. The van der Waals surface area contributed by atoms with Gasteiger partial charge >= 0.3 is 6.03 Å². The molecule has 0 spiro atoms. The number of hydrogen-bond acceptors (Lipinski definition) is 2. The number of rotatable bonds is 3. The Bertz CT molecular complexity index is 230. The molecule has 94 valence electrons. The molecule has 2 amide bonds. The zero-order chi connectivity index (χ0) is 12.1. The van der Waals surface area contributed by atoms with Crippen molar-refractivity contribution in [1.29, 1.82) is 0 Å². The normalized spacial score (nSPS) is 25.9. The Labute approximate surface area is 98.6 Å². The number of nitrogens with two attached hydrogens (primary N) is 1. The molecule has 3 N–H and O–H groups in total. The molecule has 0 saturated carbocycles. The number of likely N-dealkylation sites (tertiary alicyclic amines) is 1. The molecule has 1 aliphatic heterocycles. The van der Waals surface area contributed by atoms with E-state index in [4.69, 9.17) is 5.73 Å². The zero-order valence-corrected chi connectivity index (χ0v) is 10.7. The largest absolute Gasteiger partial charge is 0.336 e. The van der Waals surface area contributed by atoms with Crippen LogP contribution in [-0.4, -0.2) is 36.1 Å². The monoisotopic (exact) mass is 227 g/mol. The quantitative estimate of drug-likeness (QED) is 0.768. The molecular weight excluding hydrogens is 202 g/mol. The lowest BCUT2D eigenvalue weighted by Crippen LogP contribution is -2.54. The van der Waals surface area contributed by atoms with E-state index in [9.17, 15) is 4.79 Å². The van der Waals surface area contributed by atoms with E-state index in [2.05, 4.69) is 12.2 Å². The molecule has 1 heterocycles. The van der Waals surface area contributed by atoms with E-state index in [1.165, 1.54) is 6.42 Å². The number of urea groups is 1. The molecule has 0 aromatic rings. The predicted molar refractivity (Wildman–Crippen MR) is 66.2 cm³/mol. The third-order valence-corrected chi connectivity index (χ3v) is 3.35. The topological polar surface area (TPSA) is 58.4 Å². The first-order valence-corrected chi connectivity index (χ1v) is 6.35. The van der Waals surface area contributed by atoms with Gasteiger partial charge in [-0.1, -0.05) is 13.3 Å². The highest BCUT2D eigenvalue weighted by Crippen LogP contribution is 2.24. The van der Waals surface area contributed by atoms with Crippen molar-refractivity contribution in [3.05, 3.63) is 0 Å². The second kappa shape index (κ2) is 6.09. The summed E-state index contributed by atoms with van der Waals surface area (Å²) < 4.78 is 0. The van der Waals surface area contributed by atoms with Crippen LogP contribution in [0.4, 0.5) is 4.79 Å². The van der Waals surface area contributed by atoms with Crippen LogP contribution in [0.5, 0.6) is 0 Å². The molecule has 2 atom stereocenters. The SMILES string of the molecule is CCC1CCN(C(=O)NC(C)C)C(CN)C1. The third-order valence-electron chi connectivity index (χ3n) is 3.35. The Balaban J connectivity index is 2.55. The van der Waals surface area contributed by atoms with E-state index < -0.39 is 0 Å². The highest BCUT2D eigenvalue weighted by Gasteiger charge is 2.29. The Hall–Kier alpha value is -0.770. The number of carbonyl (C=O) groups excluding carboxylic acids is 1. The van der Waals surface area contributed by atoms with Crippen molar-refractivity contribution in [2.75, 3.05) is 13.1 Å². The zero-order valence-electron chi connectivity index (χ0n) is 10.7. The minimum absolute atomic E-state index is 0.0417. The minimum Gasteiger partial charge on any atom is -0.336 e. The molecular formula is C12H25N3O. The maximum Gasteiger partial charge on any atom is 0.317 e. The molecule has 1 rings (SSSR count). The Morgan fingerprint density at radius 2 is 2.25 bits per heavy atom. The van der Waals surface area contributed by atoms with Crippen LogP contribution < -0.4 is 11.1 Å². The molecule has 0 bridgehead atoms. The van der Waals surface area contributed by atoms with Gasteiger partial charge in [0.05, 0.1) is 0 Å². The molecule has 4 nitrogen and oxygen atoms in total. The fraction of sp³-hybridized carbons (Fsp3) is 0.917. The van der Waals surface area contributed by atoms with Crippen molar-refractivity contribution in [3.8, 4) is 0 Å². The molecule has 1 aliphatic rings. The van der Waals surface area contributed by atoms with E-state index in [1.807, 2.05) is 18.7 Å². The summed E-state index contributed by atoms with van der Waals surface area (Å²) in [6.07, 6.45) is 3.35. The lowest BCUT2D eigenvalue weighted by molar-refractivity contribution is 0.127. The average Bonchev–Trinajstić information content (AvgIpc) is 2.27. The van der Waals surface area contributed by atoms with Gasteiger partial charge in [-0.25, -0.2) is 4.79 Å². The summed E-state index contributed by atoms with van der Waals surface area (Å²) in [6, 6.07) is 0.451. The van der Waals surface area contributed by atoms with Gasteiger partial charge in [0.15, 0.2) is 0 Å². The van der Waals surface area contributed by atoms with Crippen molar-refractivity contribution in [2.24, 2.45) is 11.7 Å². The molecule has 0 aliphatic carbocycles. The van der Waals surface area contributed by atoms with E-state index in [1.54, 1.807) is 0 Å². The van der Waals surface area contributed by atoms with Gasteiger partial charge in [0.1, 0.15) is 0 Å². The standard InChI is InChI=1S/C12H25N3O/c1-4-10-5-6-15(11(7-10)8-13)12(16)14-9(2)3/h9-11H,4-8,13H2,1-3H3,(H,14,16). The van der Waals surface area contributed by atoms with Gasteiger partial charge in [0.2, 0.25) is 0 Å². The summed E-state index contributed by atoms with van der Waals surface area (Å²) in [7, 11) is 0. The maximum atomic E-state index is 11.9. The minimum atomic E-state index is 0.0417. The lowest BCUT2D eigenvalue weighted by atomic mass is 9.89. The molecule has 2 unspecified atom stereocenters. The Morgan fingerprint density at radius 1 is 1.56 bits per heavy atom. The molecule has 1 saturated heterocycles. The third kappa shape index (κ3) is 3.37. The van der Waals surface area contributed by atoms with Crippen LogP contribution in [0, 0.1) is 5.92 Å². The molecule has 1 fully saturated rings. The van der Waals surface area contributed by atoms with Gasteiger partial charge in [-0.05, 0) is 32.6 Å². The highest BCUT2D eigenvalue weighted by molar-refractivity contribution is 5.75. The van der Waals surface area contributed by atoms with Crippen LogP contribution in [0.3, 0.4) is 0 Å². The van der Waals surface area contributed by atoms with Crippen LogP contribution in [0.1, 0.15) is 40.0 Å². The predicted octanol–water partition coefficient (Wildman–Crippen LogP) is 1.55. The van der Waals surface area contributed by atoms with Crippen LogP contribution >= 0.6 is 0 Å². The lowest BCUT2D eigenvalue weighted by Gasteiger charge is -2.39. The van der Waals surface area contributed by atoms with Crippen molar-refractivity contribution in [1.82, 2.24) is 10.2 Å². The molecule has 0 aromatic heterocycles. The summed E-state index contributed by atoms with van der Waals surface area (Å²) >= 11 is 0. The van der Waals surface area contributed by atoms with E-state index in [0.717, 1.165) is 25.3 Å². The fourth-order valence-corrected chi connectivity index (χ4v) is 2.33. The molecule has 0 aromatic carbocycles. The molecule has 16 heavy (non-hydrogen) atoms. The van der Waals surface area contributed by atoms with Crippen LogP contribution in [0.25, 0.3) is 0 Å². The summed E-state index contributed by atoms with van der Waals surface area (Å²) in [6.45, 7) is 7.59. The van der Waals surface area contributed by atoms with Crippen LogP contribution in [-0.2, 0) is 0 Å². The van der Waals surface area contributed by atoms with Gasteiger partial charge in [0, 0.05) is 25.2 Å². The van der Waals surface area contributed by atoms with Gasteiger partial charge in [0.25, 0.3) is 0 Å². The molecule has 0 radical (unpaired) electrons. The average molecular weight is 227 g/mol. The summed E-state index contributed by atoms with van der Waals surface area (Å²) in [5.41, 5.74) is 5.76. The number of nitrogens with zero attached hydrogens (tertiary/aromatic N) is 1. The number of amides is 2. The van der Waals surface area contributed by atoms with Gasteiger partial charge in [-0.2, -0.15) is 0 Å². The molecule has 4 heteroatoms. The first kappa shape index (κ1) is 13.3. The van der Waals surface area contributed by atoms with Gasteiger partial charge in [-0.15, -0.1) is 0 Å². The Kier molecular flexibility index (Phi) is 5.06. The van der Waals surface area contributed by atoms with E-state index >= 15 is 0 Å². The van der Waals surface area contributed by atoms with Crippen molar-refractivity contribution in [2.45, 2.75) is 52.1 Å². The summed E-state index contributed by atoms with van der Waals surface area (Å²) in [5, 5.41) is 2.94. The van der Waals surface area contributed by atoms with Crippen molar-refractivity contribution in [3.63, 3.8) is 0 Å². The van der Waals surface area contributed by atoms with Crippen molar-refractivity contribution >= 4 is 6.03 Å². The second-order valence-electron chi connectivity index (χ2n) is 4.99. The van der Waals surface area contributed by atoms with Crippen LogP contribution in [0.15, 0.2) is 0 Å². The second-order valence-corrected chi connectivity index (χ2v) is 4.99. The smallest absolute Gasteiger partial charge is 0.317 e. The van der Waals surface area contributed by atoms with E-state index in [-0.39, 0.29) is 18.1 Å². The van der Waals surface area contributed by atoms with Gasteiger partial charge in [-0.3, -0.25) is 0 Å². The first-order valence-electron chi connectivity index (χ1n) is 6.35. The van der Waals surface area contributed by atoms with Crippen molar-refractivity contribution < 1.29 is 4.79 Å². The van der Waals surface area contributed by atoms with Crippen LogP contribution in [0.2, 0.25) is 0 Å². The fourth-order valence-electron chi connectivity index (χ4n) is 2.33. The first-order chi connectivity index (χ1) is 7.58. The number of hydrogen-bond donors (Lipinski definition) is 2. The summed E-state index contributed by atoms with van der Waals surface area (Å²) in [5.74, 6) is 0.733. The van der Waals surface area contributed by atoms with E-state index in [0.29, 0.717) is 6.54 Å². The number of piperidine rings is 1. The Morgan fingerprint density at radius 3 is 2.75 bits per heavy atom. The number of nitrogens with one attached hydrogen (secondary N) is 1. The van der Waals surface area contributed by atoms with Gasteiger partial charge < -0.3 is 16.0 Å². The maximum absolute atomic E-state index is 11.9. The number of carbonyl (C=O) groups is 1. The summed E-state index contributed by atoms with van der Waals surface area (Å²) in [4.78, 5) is 13.8.